The molecule has 0 radical (unpaired) electrons. The molecule has 0 spiro atoms. The summed E-state index contributed by atoms with van der Waals surface area (Å²) in [7, 11) is 0. The monoisotopic (exact) mass is 127 g/mol. The van der Waals surface area contributed by atoms with Crippen molar-refractivity contribution < 1.29 is 0 Å². The third kappa shape index (κ3) is 0.842. The van der Waals surface area contributed by atoms with E-state index in [2.05, 4.69) is 6.92 Å². The number of hydrogen-bond donors (Lipinski definition) is 1. The van der Waals surface area contributed by atoms with Crippen LogP contribution in [0.3, 0.4) is 0 Å². The molecule has 1 aromatic heterocycles. The van der Waals surface area contributed by atoms with Crippen molar-refractivity contribution in [1.82, 2.24) is 0 Å². The summed E-state index contributed by atoms with van der Waals surface area (Å²) in [5.74, 6) is 0. The molecule has 0 aliphatic carbocycles. The number of rotatable bonds is 1. The van der Waals surface area contributed by atoms with Crippen molar-refractivity contribution in [3.63, 3.8) is 0 Å². The number of nitrogens with two attached hydrogens (primary N) is 1. The molecule has 1 nitrogen and oxygen atoms in total. The summed E-state index contributed by atoms with van der Waals surface area (Å²) in [6, 6.07) is 1.95. The Hall–Kier alpha value is -0.500. The Morgan fingerprint density at radius 3 is 2.75 bits per heavy atom. The Kier molecular flexibility index (Phi) is 1.53. The van der Waals surface area contributed by atoms with Crippen LogP contribution in [0.4, 0.5) is 5.69 Å². The van der Waals surface area contributed by atoms with Crippen molar-refractivity contribution in [2.24, 2.45) is 0 Å². The van der Waals surface area contributed by atoms with Crippen LogP contribution in [0.5, 0.6) is 0 Å². The molecule has 2 heteroatoms. The van der Waals surface area contributed by atoms with E-state index in [4.69, 9.17) is 5.73 Å². The fourth-order valence-corrected chi connectivity index (χ4v) is 1.39. The highest BCUT2D eigenvalue weighted by Crippen LogP contribution is 2.18. The molecule has 0 fully saturated rings. The summed E-state index contributed by atoms with van der Waals surface area (Å²) < 4.78 is 0. The molecule has 1 rings (SSSR count). The van der Waals surface area contributed by atoms with Gasteiger partial charge in [-0.1, -0.05) is 6.92 Å². The summed E-state index contributed by atoms with van der Waals surface area (Å²) in [5, 5.41) is 2.02. The van der Waals surface area contributed by atoms with Gasteiger partial charge in [0.1, 0.15) is 0 Å². The SMILES string of the molecule is CCc1sccc1N. The highest BCUT2D eigenvalue weighted by atomic mass is 32.1. The first-order valence-corrected chi connectivity index (χ1v) is 3.54. The second kappa shape index (κ2) is 2.18. The Bertz CT molecular complexity index is 169. The molecule has 0 saturated carbocycles. The van der Waals surface area contributed by atoms with Crippen LogP contribution in [0.2, 0.25) is 0 Å². The molecule has 0 unspecified atom stereocenters. The molecular weight excluding hydrogens is 118 g/mol. The van der Waals surface area contributed by atoms with Crippen LogP contribution in [0, 0.1) is 0 Å². The Morgan fingerprint density at radius 1 is 1.75 bits per heavy atom. The van der Waals surface area contributed by atoms with Crippen LogP contribution in [-0.2, 0) is 6.42 Å². The Morgan fingerprint density at radius 2 is 2.50 bits per heavy atom. The van der Waals surface area contributed by atoms with Crippen LogP contribution in [0.25, 0.3) is 0 Å². The highest BCUT2D eigenvalue weighted by Gasteiger charge is 1.93. The summed E-state index contributed by atoms with van der Waals surface area (Å²) in [6.07, 6.45) is 1.06. The van der Waals surface area contributed by atoms with Gasteiger partial charge in [-0.05, 0) is 17.9 Å². The average molecular weight is 127 g/mol. The first-order chi connectivity index (χ1) is 3.84. The zero-order valence-corrected chi connectivity index (χ0v) is 5.66. The van der Waals surface area contributed by atoms with Crippen molar-refractivity contribution in [3.05, 3.63) is 16.3 Å². The molecule has 2 N–H and O–H groups in total. The van der Waals surface area contributed by atoms with Crippen molar-refractivity contribution in [2.75, 3.05) is 5.73 Å². The summed E-state index contributed by atoms with van der Waals surface area (Å²) in [5.41, 5.74) is 6.50. The van der Waals surface area contributed by atoms with Gasteiger partial charge in [0.25, 0.3) is 0 Å². The maximum absolute atomic E-state index is 5.56. The molecule has 0 aliphatic heterocycles. The van der Waals surface area contributed by atoms with Crippen LogP contribution in [0.1, 0.15) is 11.8 Å². The summed E-state index contributed by atoms with van der Waals surface area (Å²) in [4.78, 5) is 1.30. The highest BCUT2D eigenvalue weighted by molar-refractivity contribution is 7.10. The van der Waals surface area contributed by atoms with E-state index in [9.17, 15) is 0 Å². The lowest BCUT2D eigenvalue weighted by Crippen LogP contribution is -1.84. The third-order valence-electron chi connectivity index (χ3n) is 1.10. The van der Waals surface area contributed by atoms with Crippen LogP contribution < -0.4 is 5.73 Å². The van der Waals surface area contributed by atoms with E-state index in [0.29, 0.717) is 0 Å². The van der Waals surface area contributed by atoms with Crippen molar-refractivity contribution in [1.29, 1.82) is 0 Å². The molecule has 8 heavy (non-hydrogen) atoms. The van der Waals surface area contributed by atoms with E-state index < -0.39 is 0 Å². The second-order valence-corrected chi connectivity index (χ2v) is 2.65. The molecular formula is C6H9NS. The van der Waals surface area contributed by atoms with Gasteiger partial charge in [-0.15, -0.1) is 11.3 Å². The topological polar surface area (TPSA) is 26.0 Å². The molecule has 0 bridgehead atoms. The van der Waals surface area contributed by atoms with E-state index >= 15 is 0 Å². The van der Waals surface area contributed by atoms with Gasteiger partial charge in [-0.2, -0.15) is 0 Å². The van der Waals surface area contributed by atoms with Crippen LogP contribution >= 0.6 is 11.3 Å². The first kappa shape index (κ1) is 5.63. The molecule has 1 heterocycles. The summed E-state index contributed by atoms with van der Waals surface area (Å²) >= 11 is 1.72. The number of anilines is 1. The number of hydrogen-bond acceptors (Lipinski definition) is 2. The fourth-order valence-electron chi connectivity index (χ4n) is 0.638. The second-order valence-electron chi connectivity index (χ2n) is 1.65. The van der Waals surface area contributed by atoms with Crippen LogP contribution in [-0.4, -0.2) is 0 Å². The lowest BCUT2D eigenvalue weighted by molar-refractivity contribution is 1.19. The van der Waals surface area contributed by atoms with Gasteiger partial charge in [-0.3, -0.25) is 0 Å². The van der Waals surface area contributed by atoms with E-state index in [0.717, 1.165) is 12.1 Å². The van der Waals surface area contributed by atoms with Crippen LogP contribution in [0.15, 0.2) is 11.4 Å². The van der Waals surface area contributed by atoms with E-state index in [1.54, 1.807) is 11.3 Å². The molecule has 0 amide bonds. The maximum atomic E-state index is 5.56. The minimum Gasteiger partial charge on any atom is -0.398 e. The smallest absolute Gasteiger partial charge is 0.0455 e. The number of thiophene rings is 1. The van der Waals surface area contributed by atoms with Gasteiger partial charge >= 0.3 is 0 Å². The molecule has 0 aliphatic rings. The van der Waals surface area contributed by atoms with Gasteiger partial charge in [0.15, 0.2) is 0 Å². The maximum Gasteiger partial charge on any atom is 0.0455 e. The molecule has 0 aromatic carbocycles. The minimum absolute atomic E-state index is 0.942. The normalized spacial score (nSPS) is 9.62. The first-order valence-electron chi connectivity index (χ1n) is 2.66. The van der Waals surface area contributed by atoms with Crippen molar-refractivity contribution in [2.45, 2.75) is 13.3 Å². The third-order valence-corrected chi connectivity index (χ3v) is 2.18. The van der Waals surface area contributed by atoms with E-state index in [1.165, 1.54) is 4.88 Å². The zero-order chi connectivity index (χ0) is 5.98. The van der Waals surface area contributed by atoms with E-state index in [-0.39, 0.29) is 0 Å². The van der Waals surface area contributed by atoms with Gasteiger partial charge in [-0.25, -0.2) is 0 Å². The van der Waals surface area contributed by atoms with Gasteiger partial charge in [0, 0.05) is 10.6 Å². The van der Waals surface area contributed by atoms with Crippen molar-refractivity contribution >= 4 is 17.0 Å². The zero-order valence-electron chi connectivity index (χ0n) is 4.85. The van der Waals surface area contributed by atoms with Gasteiger partial charge in [0.2, 0.25) is 0 Å². The predicted molar refractivity (Wildman–Crippen MR) is 38.1 cm³/mol. The predicted octanol–water partition coefficient (Wildman–Crippen LogP) is 1.89. The molecule has 44 valence electrons. The average Bonchev–Trinajstić information content (AvgIpc) is 2.14. The quantitative estimate of drug-likeness (QED) is 0.612. The molecule has 0 atom stereocenters. The van der Waals surface area contributed by atoms with Gasteiger partial charge in [0.05, 0.1) is 0 Å². The number of aryl methyl sites for hydroxylation is 1. The standard InChI is InChI=1S/C6H9NS/c1-2-6-5(7)3-4-8-6/h3-4H,2,7H2,1H3. The van der Waals surface area contributed by atoms with Gasteiger partial charge < -0.3 is 5.73 Å². The molecule has 1 aromatic rings. The summed E-state index contributed by atoms with van der Waals surface area (Å²) in [6.45, 7) is 2.11. The largest absolute Gasteiger partial charge is 0.398 e. The lowest BCUT2D eigenvalue weighted by atomic mass is 10.3. The Balaban J connectivity index is 2.92. The van der Waals surface area contributed by atoms with E-state index in [1.807, 2.05) is 11.4 Å². The van der Waals surface area contributed by atoms with Crippen molar-refractivity contribution in [3.8, 4) is 0 Å². The molecule has 0 saturated heterocycles. The minimum atomic E-state index is 0.942. The number of nitrogen functional groups attached to an aromatic ring is 1. The fraction of sp³-hybridized carbons (Fsp3) is 0.333. The Labute approximate surface area is 53.1 Å². The lowest BCUT2D eigenvalue weighted by Gasteiger charge is -1.88.